The number of para-hydroxylation sites is 1. The Labute approximate surface area is 156 Å². The molecule has 27 heavy (non-hydrogen) atoms. The topological polar surface area (TPSA) is 94.1 Å². The van der Waals surface area contributed by atoms with Gasteiger partial charge in [-0.15, -0.1) is 0 Å². The molecule has 0 heterocycles. The lowest BCUT2D eigenvalue weighted by atomic mass is 10.1. The van der Waals surface area contributed by atoms with Crippen LogP contribution >= 0.6 is 0 Å². The number of methoxy groups -OCH3 is 3. The van der Waals surface area contributed by atoms with Crippen LogP contribution < -0.4 is 19.5 Å². The Morgan fingerprint density at radius 2 is 1.67 bits per heavy atom. The molecule has 2 N–H and O–H groups in total. The maximum Gasteiger partial charge on any atom is 0.337 e. The van der Waals surface area contributed by atoms with Crippen LogP contribution in [-0.2, 0) is 4.79 Å². The second kappa shape index (κ2) is 7.57. The second-order valence-electron chi connectivity index (χ2n) is 6.25. The van der Waals surface area contributed by atoms with Gasteiger partial charge < -0.3 is 24.6 Å². The van der Waals surface area contributed by atoms with Crippen LogP contribution in [0.5, 0.6) is 17.2 Å². The Bertz CT molecular complexity index is 854. The fourth-order valence-electron chi connectivity index (χ4n) is 3.17. The molecule has 2 atom stereocenters. The van der Waals surface area contributed by atoms with Crippen LogP contribution in [0.15, 0.2) is 36.4 Å². The number of aromatic carboxylic acids is 1. The first-order chi connectivity index (χ1) is 13.0. The molecule has 1 amide bonds. The Kier molecular flexibility index (Phi) is 5.21. The molecule has 1 aliphatic rings. The number of carboxylic acids is 1. The largest absolute Gasteiger partial charge is 0.493 e. The molecular formula is C20H21NO6. The number of carboxylic acid groups (broad SMARTS) is 1. The minimum atomic E-state index is -1.08. The van der Waals surface area contributed by atoms with Crippen LogP contribution in [0.2, 0.25) is 0 Å². The van der Waals surface area contributed by atoms with E-state index in [-0.39, 0.29) is 23.3 Å². The average Bonchev–Trinajstić information content (AvgIpc) is 3.48. The number of nitrogens with one attached hydrogen (secondary N) is 1. The number of rotatable bonds is 7. The molecular weight excluding hydrogens is 350 g/mol. The van der Waals surface area contributed by atoms with Crippen molar-refractivity contribution < 1.29 is 28.9 Å². The summed E-state index contributed by atoms with van der Waals surface area (Å²) in [5, 5.41) is 12.0. The van der Waals surface area contributed by atoms with Gasteiger partial charge in [-0.25, -0.2) is 4.79 Å². The number of benzene rings is 2. The lowest BCUT2D eigenvalue weighted by molar-refractivity contribution is -0.117. The first-order valence-electron chi connectivity index (χ1n) is 8.43. The molecule has 1 saturated carbocycles. The van der Waals surface area contributed by atoms with Gasteiger partial charge >= 0.3 is 5.97 Å². The van der Waals surface area contributed by atoms with E-state index in [9.17, 15) is 14.7 Å². The quantitative estimate of drug-likeness (QED) is 0.776. The number of carbonyl (C=O) groups excluding carboxylic acids is 1. The number of carbonyl (C=O) groups is 2. The van der Waals surface area contributed by atoms with Crippen molar-refractivity contribution in [1.82, 2.24) is 0 Å². The van der Waals surface area contributed by atoms with E-state index in [1.54, 1.807) is 32.4 Å². The van der Waals surface area contributed by atoms with Crippen LogP contribution in [0.25, 0.3) is 0 Å². The molecule has 7 nitrogen and oxygen atoms in total. The zero-order valence-electron chi connectivity index (χ0n) is 15.3. The molecule has 1 aliphatic carbocycles. The summed E-state index contributed by atoms with van der Waals surface area (Å²) in [6.07, 6.45) is 0.666. The highest BCUT2D eigenvalue weighted by molar-refractivity contribution is 6.02. The summed E-state index contributed by atoms with van der Waals surface area (Å²) < 4.78 is 16.0. The molecule has 0 saturated heterocycles. The van der Waals surface area contributed by atoms with E-state index in [4.69, 9.17) is 14.2 Å². The number of amides is 1. The van der Waals surface area contributed by atoms with E-state index in [1.807, 2.05) is 12.1 Å². The predicted molar refractivity (Wildman–Crippen MR) is 99.0 cm³/mol. The van der Waals surface area contributed by atoms with Crippen molar-refractivity contribution in [3.05, 3.63) is 47.5 Å². The second-order valence-corrected chi connectivity index (χ2v) is 6.25. The Hall–Kier alpha value is -3.22. The van der Waals surface area contributed by atoms with Crippen LogP contribution in [0, 0.1) is 5.92 Å². The van der Waals surface area contributed by atoms with Gasteiger partial charge in [0.25, 0.3) is 0 Å². The van der Waals surface area contributed by atoms with Gasteiger partial charge in [0.2, 0.25) is 11.7 Å². The molecule has 142 valence electrons. The summed E-state index contributed by atoms with van der Waals surface area (Å²) in [6.45, 7) is 0. The first kappa shape index (κ1) is 18.6. The van der Waals surface area contributed by atoms with E-state index in [1.165, 1.54) is 13.2 Å². The third-order valence-corrected chi connectivity index (χ3v) is 4.66. The van der Waals surface area contributed by atoms with Gasteiger partial charge in [0.05, 0.1) is 32.6 Å². The SMILES string of the molecule is COc1cc(C2CC2C(=O)Nc2ccccc2C(=O)O)cc(OC)c1OC. The van der Waals surface area contributed by atoms with Crippen molar-refractivity contribution in [3.63, 3.8) is 0 Å². The van der Waals surface area contributed by atoms with E-state index < -0.39 is 5.97 Å². The molecule has 1 fully saturated rings. The highest BCUT2D eigenvalue weighted by atomic mass is 16.5. The molecule has 2 unspecified atom stereocenters. The van der Waals surface area contributed by atoms with Gasteiger partial charge in [0, 0.05) is 5.92 Å². The van der Waals surface area contributed by atoms with Crippen molar-refractivity contribution in [2.75, 3.05) is 26.6 Å². The van der Waals surface area contributed by atoms with Gasteiger partial charge in [-0.1, -0.05) is 12.1 Å². The third-order valence-electron chi connectivity index (χ3n) is 4.66. The number of ether oxygens (including phenoxy) is 3. The molecule has 7 heteroatoms. The zero-order chi connectivity index (χ0) is 19.6. The Balaban J connectivity index is 1.78. The summed E-state index contributed by atoms with van der Waals surface area (Å²) in [5.74, 6) is 0.0553. The first-order valence-corrected chi connectivity index (χ1v) is 8.43. The van der Waals surface area contributed by atoms with E-state index >= 15 is 0 Å². The number of hydrogen-bond acceptors (Lipinski definition) is 5. The van der Waals surface area contributed by atoms with Gasteiger partial charge in [0.1, 0.15) is 0 Å². The summed E-state index contributed by atoms with van der Waals surface area (Å²) in [7, 11) is 4.62. The van der Waals surface area contributed by atoms with Crippen molar-refractivity contribution in [3.8, 4) is 17.2 Å². The highest BCUT2D eigenvalue weighted by Gasteiger charge is 2.44. The fourth-order valence-corrected chi connectivity index (χ4v) is 3.17. The number of anilines is 1. The van der Waals surface area contributed by atoms with E-state index in [0.29, 0.717) is 29.4 Å². The minimum absolute atomic E-state index is 0.00990. The summed E-state index contributed by atoms with van der Waals surface area (Å²) in [5.41, 5.74) is 1.28. The summed E-state index contributed by atoms with van der Waals surface area (Å²) in [6, 6.07) is 10.0. The summed E-state index contributed by atoms with van der Waals surface area (Å²) >= 11 is 0. The standard InChI is InChI=1S/C20H21NO6/c1-25-16-8-11(9-17(26-2)18(16)27-3)13-10-14(13)19(22)21-15-7-5-4-6-12(15)20(23)24/h4-9,13-14H,10H2,1-3H3,(H,21,22)(H,23,24). The van der Waals surface area contributed by atoms with Crippen LogP contribution in [0.4, 0.5) is 5.69 Å². The lowest BCUT2D eigenvalue weighted by Gasteiger charge is -2.14. The minimum Gasteiger partial charge on any atom is -0.493 e. The third kappa shape index (κ3) is 3.67. The molecule has 3 rings (SSSR count). The fraction of sp³-hybridized carbons (Fsp3) is 0.300. The van der Waals surface area contributed by atoms with Gasteiger partial charge in [-0.2, -0.15) is 0 Å². The normalized spacial score (nSPS) is 17.7. The maximum absolute atomic E-state index is 12.6. The van der Waals surface area contributed by atoms with Gasteiger partial charge in [-0.05, 0) is 42.2 Å². The van der Waals surface area contributed by atoms with Crippen molar-refractivity contribution >= 4 is 17.6 Å². The molecule has 2 aromatic rings. The Morgan fingerprint density at radius 1 is 1.04 bits per heavy atom. The molecule has 0 spiro atoms. The summed E-state index contributed by atoms with van der Waals surface area (Å²) in [4.78, 5) is 23.9. The monoisotopic (exact) mass is 371 g/mol. The molecule has 0 radical (unpaired) electrons. The maximum atomic E-state index is 12.6. The van der Waals surface area contributed by atoms with E-state index in [2.05, 4.69) is 5.32 Å². The Morgan fingerprint density at radius 3 is 2.22 bits per heavy atom. The van der Waals surface area contributed by atoms with Gasteiger partial charge in [0.15, 0.2) is 11.5 Å². The predicted octanol–water partition coefficient (Wildman–Crippen LogP) is 3.15. The zero-order valence-corrected chi connectivity index (χ0v) is 15.3. The van der Waals surface area contributed by atoms with Gasteiger partial charge in [-0.3, -0.25) is 4.79 Å². The van der Waals surface area contributed by atoms with Crippen LogP contribution in [0.3, 0.4) is 0 Å². The smallest absolute Gasteiger partial charge is 0.337 e. The van der Waals surface area contributed by atoms with Crippen molar-refractivity contribution in [2.45, 2.75) is 12.3 Å². The van der Waals surface area contributed by atoms with Crippen LogP contribution in [-0.4, -0.2) is 38.3 Å². The highest BCUT2D eigenvalue weighted by Crippen LogP contribution is 2.51. The molecule has 0 bridgehead atoms. The molecule has 0 aromatic heterocycles. The van der Waals surface area contributed by atoms with Crippen molar-refractivity contribution in [1.29, 1.82) is 0 Å². The number of hydrogen-bond donors (Lipinski definition) is 2. The molecule has 2 aromatic carbocycles. The van der Waals surface area contributed by atoms with E-state index in [0.717, 1.165) is 5.56 Å². The van der Waals surface area contributed by atoms with Crippen molar-refractivity contribution in [2.24, 2.45) is 5.92 Å². The average molecular weight is 371 g/mol. The lowest BCUT2D eigenvalue weighted by Crippen LogP contribution is -2.17. The van der Waals surface area contributed by atoms with Crippen LogP contribution in [0.1, 0.15) is 28.3 Å². The molecule has 0 aliphatic heterocycles.